The van der Waals surface area contributed by atoms with Gasteiger partial charge >= 0.3 is 6.04 Å². The summed E-state index contributed by atoms with van der Waals surface area (Å²) in [5.41, 5.74) is 0.144. The van der Waals surface area contributed by atoms with Gasteiger partial charge in [-0.1, -0.05) is 6.92 Å². The maximum absolute atomic E-state index is 14.1. The van der Waals surface area contributed by atoms with Crippen LogP contribution >= 0.6 is 0 Å². The third-order valence-corrected chi connectivity index (χ3v) is 4.68. The van der Waals surface area contributed by atoms with Gasteiger partial charge in [0.1, 0.15) is 0 Å². The zero-order valence-electron chi connectivity index (χ0n) is 12.4. The standard InChI is InChI=1S/C15H15FN2O4/c1-6-9-5-18(14(20)10(6)9)13-12-11(21-15(3,16)22-12)8(4-17-13)7(2)19/h4,6,9-10H,5H2,1-3H3/t6-,9+,10-,15?/m1/s1. The number of Topliss-reactive ketones (excluding diaryl/α,β-unsaturated/α-hetero) is 1. The number of aromatic nitrogens is 1. The van der Waals surface area contributed by atoms with E-state index >= 15 is 0 Å². The molecule has 6 nitrogen and oxygen atoms in total. The van der Waals surface area contributed by atoms with Gasteiger partial charge in [-0.2, -0.15) is 4.39 Å². The number of anilines is 1. The molecule has 22 heavy (non-hydrogen) atoms. The summed E-state index contributed by atoms with van der Waals surface area (Å²) in [6.45, 7) is 5.02. The second kappa shape index (κ2) is 3.97. The molecule has 7 heteroatoms. The second-order valence-electron chi connectivity index (χ2n) is 6.25. The highest BCUT2D eigenvalue weighted by molar-refractivity contribution is 6.03. The Morgan fingerprint density at radius 2 is 2.14 bits per heavy atom. The van der Waals surface area contributed by atoms with E-state index in [1.54, 1.807) is 0 Å². The van der Waals surface area contributed by atoms with Crippen LogP contribution in [0.1, 0.15) is 31.1 Å². The number of fused-ring (bicyclic) bond motifs is 2. The van der Waals surface area contributed by atoms with Crippen LogP contribution < -0.4 is 14.4 Å². The summed E-state index contributed by atoms with van der Waals surface area (Å²) in [6, 6.07) is -2.37. The normalized spacial score (nSPS) is 34.8. The van der Waals surface area contributed by atoms with Crippen LogP contribution in [0.5, 0.6) is 11.5 Å². The van der Waals surface area contributed by atoms with Gasteiger partial charge in [-0.05, 0) is 18.8 Å². The Hall–Kier alpha value is -2.18. The smallest absolute Gasteiger partial charge is 0.404 e. The molecule has 1 amide bonds. The van der Waals surface area contributed by atoms with Gasteiger partial charge in [0.25, 0.3) is 0 Å². The van der Waals surface area contributed by atoms with Crippen LogP contribution in [-0.2, 0) is 4.79 Å². The molecule has 0 spiro atoms. The fourth-order valence-corrected chi connectivity index (χ4v) is 3.39. The number of hydrogen-bond acceptors (Lipinski definition) is 5. The van der Waals surface area contributed by atoms with E-state index in [1.165, 1.54) is 18.0 Å². The van der Waals surface area contributed by atoms with Crippen LogP contribution in [0.25, 0.3) is 0 Å². The van der Waals surface area contributed by atoms with Crippen molar-refractivity contribution in [3.05, 3.63) is 11.8 Å². The first-order valence-corrected chi connectivity index (χ1v) is 7.22. The van der Waals surface area contributed by atoms with Gasteiger partial charge in [0.05, 0.1) is 5.56 Å². The largest absolute Gasteiger partial charge is 0.422 e. The number of piperidine rings is 1. The SMILES string of the molecule is CC(=O)c1cnc(N2C[C@H]3[C@@H](C)[C@H]3C2=O)c2c1OC(C)(F)O2. The summed E-state index contributed by atoms with van der Waals surface area (Å²) in [5.74, 6) is 0.659. The van der Waals surface area contributed by atoms with Gasteiger partial charge in [-0.3, -0.25) is 14.5 Å². The maximum atomic E-state index is 14.1. The van der Waals surface area contributed by atoms with E-state index in [2.05, 4.69) is 4.98 Å². The van der Waals surface area contributed by atoms with Crippen LogP contribution in [0.15, 0.2) is 6.20 Å². The topological polar surface area (TPSA) is 68.7 Å². The first-order chi connectivity index (χ1) is 10.3. The molecule has 1 saturated heterocycles. The molecule has 2 fully saturated rings. The third kappa shape index (κ3) is 1.68. The van der Waals surface area contributed by atoms with Crippen molar-refractivity contribution in [3.63, 3.8) is 0 Å². The van der Waals surface area contributed by atoms with Crippen molar-refractivity contribution in [1.82, 2.24) is 4.98 Å². The molecular weight excluding hydrogens is 291 g/mol. The van der Waals surface area contributed by atoms with Gasteiger partial charge in [-0.25, -0.2) is 4.98 Å². The van der Waals surface area contributed by atoms with Gasteiger partial charge in [0, 0.05) is 25.6 Å². The van der Waals surface area contributed by atoms with Crippen LogP contribution in [-0.4, -0.2) is 29.3 Å². The zero-order valence-corrected chi connectivity index (χ0v) is 12.4. The lowest BCUT2D eigenvalue weighted by atomic mass is 10.1. The molecule has 1 saturated carbocycles. The number of amides is 1. The summed E-state index contributed by atoms with van der Waals surface area (Å²) in [4.78, 5) is 29.7. The molecule has 0 bridgehead atoms. The van der Waals surface area contributed by atoms with Gasteiger partial charge in [-0.15, -0.1) is 0 Å². The molecule has 0 radical (unpaired) electrons. The fourth-order valence-electron chi connectivity index (χ4n) is 3.39. The van der Waals surface area contributed by atoms with E-state index in [4.69, 9.17) is 9.47 Å². The van der Waals surface area contributed by atoms with Crippen LogP contribution in [0.4, 0.5) is 10.2 Å². The Bertz CT molecular complexity index is 718. The number of carbonyl (C=O) groups is 2. The summed E-state index contributed by atoms with van der Waals surface area (Å²) in [6.07, 6.45) is 1.31. The Morgan fingerprint density at radius 1 is 1.45 bits per heavy atom. The minimum absolute atomic E-state index is 0.0175. The molecule has 1 unspecified atom stereocenters. The van der Waals surface area contributed by atoms with E-state index in [9.17, 15) is 14.0 Å². The molecule has 1 aliphatic carbocycles. The fraction of sp³-hybridized carbons (Fsp3) is 0.533. The molecule has 1 aromatic rings. The monoisotopic (exact) mass is 306 g/mol. The van der Waals surface area contributed by atoms with Crippen LogP contribution in [0.3, 0.4) is 0 Å². The second-order valence-corrected chi connectivity index (χ2v) is 6.25. The number of ketones is 1. The zero-order chi connectivity index (χ0) is 15.8. The van der Waals surface area contributed by atoms with Gasteiger partial charge in [0.15, 0.2) is 17.4 Å². The highest BCUT2D eigenvalue weighted by Crippen LogP contribution is 2.55. The highest BCUT2D eigenvalue weighted by Gasteiger charge is 2.60. The molecule has 3 aliphatic rings. The average molecular weight is 306 g/mol. The van der Waals surface area contributed by atoms with E-state index in [0.717, 1.165) is 6.92 Å². The quantitative estimate of drug-likeness (QED) is 0.781. The maximum Gasteiger partial charge on any atom is 0.404 e. The van der Waals surface area contributed by atoms with Crippen molar-refractivity contribution in [2.45, 2.75) is 26.8 Å². The average Bonchev–Trinajstić information content (AvgIpc) is 2.76. The van der Waals surface area contributed by atoms with E-state index in [-0.39, 0.29) is 40.5 Å². The Morgan fingerprint density at radius 3 is 2.73 bits per heavy atom. The summed E-state index contributed by atoms with van der Waals surface area (Å²) >= 11 is 0. The Kier molecular flexibility index (Phi) is 2.43. The molecule has 0 N–H and O–H groups in total. The molecule has 1 aromatic heterocycles. The minimum Gasteiger partial charge on any atom is -0.422 e. The number of hydrogen-bond donors (Lipinski definition) is 0. The third-order valence-electron chi connectivity index (χ3n) is 4.68. The van der Waals surface area contributed by atoms with Crippen molar-refractivity contribution < 1.29 is 23.5 Å². The predicted molar refractivity (Wildman–Crippen MR) is 73.5 cm³/mol. The number of carbonyl (C=O) groups excluding carboxylic acids is 2. The summed E-state index contributed by atoms with van der Waals surface area (Å²) in [7, 11) is 0. The number of pyridine rings is 1. The number of nitrogens with zero attached hydrogens (tertiary/aromatic N) is 2. The lowest BCUT2D eigenvalue weighted by Gasteiger charge is -2.20. The van der Waals surface area contributed by atoms with Crippen molar-refractivity contribution in [3.8, 4) is 11.5 Å². The first-order valence-electron chi connectivity index (χ1n) is 7.22. The molecule has 4 rings (SSSR count). The number of ether oxygens (including phenoxy) is 2. The predicted octanol–water partition coefficient (Wildman–Crippen LogP) is 1.93. The van der Waals surface area contributed by atoms with E-state index < -0.39 is 6.04 Å². The van der Waals surface area contributed by atoms with E-state index in [1.807, 2.05) is 6.92 Å². The minimum atomic E-state index is -2.37. The van der Waals surface area contributed by atoms with Crippen molar-refractivity contribution in [1.29, 1.82) is 0 Å². The molecule has 116 valence electrons. The summed E-state index contributed by atoms with van der Waals surface area (Å²) in [5, 5.41) is 0. The number of halogens is 1. The van der Waals surface area contributed by atoms with Crippen molar-refractivity contribution in [2.75, 3.05) is 11.4 Å². The highest BCUT2D eigenvalue weighted by atomic mass is 19.2. The molecular formula is C15H15FN2O4. The molecule has 0 aromatic carbocycles. The first kappa shape index (κ1) is 13.5. The number of rotatable bonds is 2. The Balaban J connectivity index is 1.78. The van der Waals surface area contributed by atoms with Crippen LogP contribution in [0.2, 0.25) is 0 Å². The van der Waals surface area contributed by atoms with Gasteiger partial charge in [0.2, 0.25) is 11.7 Å². The lowest BCUT2D eigenvalue weighted by Crippen LogP contribution is -2.31. The lowest BCUT2D eigenvalue weighted by molar-refractivity contribution is -0.173. The van der Waals surface area contributed by atoms with Crippen molar-refractivity contribution >= 4 is 17.5 Å². The van der Waals surface area contributed by atoms with E-state index in [0.29, 0.717) is 18.4 Å². The summed E-state index contributed by atoms with van der Waals surface area (Å²) < 4.78 is 24.3. The molecule has 2 aliphatic heterocycles. The van der Waals surface area contributed by atoms with Crippen molar-refractivity contribution in [2.24, 2.45) is 17.8 Å². The molecule has 3 heterocycles. The van der Waals surface area contributed by atoms with Gasteiger partial charge < -0.3 is 9.47 Å². The molecule has 4 atom stereocenters. The van der Waals surface area contributed by atoms with Crippen LogP contribution in [0, 0.1) is 17.8 Å². The Labute approximate surface area is 126 Å². The number of alkyl halides is 1.